The molecular formula is C11H20N4O2S. The third-order valence-electron chi connectivity index (χ3n) is 2.54. The number of likely N-dealkylation sites (tertiary alicyclic amines) is 1. The molecule has 1 N–H and O–H groups in total. The molecule has 1 heterocycles. The summed E-state index contributed by atoms with van der Waals surface area (Å²) in [5.74, 6) is 0. The van der Waals surface area contributed by atoms with Crippen molar-refractivity contribution in [2.24, 2.45) is 9.98 Å². The van der Waals surface area contributed by atoms with E-state index in [2.05, 4.69) is 9.98 Å². The van der Waals surface area contributed by atoms with Crippen LogP contribution >= 0.6 is 11.8 Å². The van der Waals surface area contributed by atoms with Gasteiger partial charge in [-0.1, -0.05) is 11.8 Å². The molecule has 1 aliphatic rings. The summed E-state index contributed by atoms with van der Waals surface area (Å²) in [7, 11) is 3.79. The van der Waals surface area contributed by atoms with Crippen LogP contribution in [0.25, 0.3) is 0 Å². The van der Waals surface area contributed by atoms with Crippen molar-refractivity contribution >= 4 is 29.4 Å². The minimum Gasteiger partial charge on any atom is -0.465 e. The van der Waals surface area contributed by atoms with Crippen molar-refractivity contribution in [1.29, 1.82) is 0 Å². The molecule has 1 aliphatic heterocycles. The van der Waals surface area contributed by atoms with Crippen molar-refractivity contribution in [2.75, 3.05) is 33.4 Å². The van der Waals surface area contributed by atoms with Gasteiger partial charge in [-0.15, -0.1) is 0 Å². The van der Waals surface area contributed by atoms with Crippen molar-refractivity contribution in [3.63, 3.8) is 0 Å². The monoisotopic (exact) mass is 272 g/mol. The molecule has 1 atom stereocenters. The molecule has 1 fully saturated rings. The summed E-state index contributed by atoms with van der Waals surface area (Å²) >= 11 is 1.47. The lowest BCUT2D eigenvalue weighted by Gasteiger charge is -2.28. The summed E-state index contributed by atoms with van der Waals surface area (Å²) in [5.41, 5.74) is 0. The highest BCUT2D eigenvalue weighted by atomic mass is 32.2. The Morgan fingerprint density at radius 1 is 1.56 bits per heavy atom. The van der Waals surface area contributed by atoms with Gasteiger partial charge in [0, 0.05) is 27.2 Å². The highest BCUT2D eigenvalue weighted by Crippen LogP contribution is 2.15. The van der Waals surface area contributed by atoms with Gasteiger partial charge < -0.3 is 14.9 Å². The van der Waals surface area contributed by atoms with Crippen LogP contribution in [0.3, 0.4) is 0 Å². The lowest BCUT2D eigenvalue weighted by atomic mass is 10.1. The van der Waals surface area contributed by atoms with E-state index in [-0.39, 0.29) is 6.04 Å². The van der Waals surface area contributed by atoms with Crippen LogP contribution in [-0.4, -0.2) is 72.0 Å². The first-order chi connectivity index (χ1) is 8.52. The van der Waals surface area contributed by atoms with Gasteiger partial charge in [-0.3, -0.25) is 4.99 Å². The number of hydrogen-bond acceptors (Lipinski definition) is 3. The van der Waals surface area contributed by atoms with Gasteiger partial charge in [0.15, 0.2) is 5.17 Å². The average Bonchev–Trinajstić information content (AvgIpc) is 2.34. The molecule has 6 nitrogen and oxygen atoms in total. The van der Waals surface area contributed by atoms with Crippen molar-refractivity contribution in [1.82, 2.24) is 9.80 Å². The number of aliphatic imine (C=N–C) groups is 2. The standard InChI is InChI=1S/C11H20N4O2S/c1-14(2)8-12-10(18-3)13-9-5-4-6-15(7-9)11(16)17/h8-9H,4-7H2,1-3H3,(H,16,17)/t9-/m1/s1. The molecule has 7 heteroatoms. The second-order valence-corrected chi connectivity index (χ2v) is 5.12. The number of amides is 1. The van der Waals surface area contributed by atoms with E-state index < -0.39 is 6.09 Å². The molecule has 1 amide bonds. The van der Waals surface area contributed by atoms with Crippen molar-refractivity contribution in [3.05, 3.63) is 0 Å². The van der Waals surface area contributed by atoms with Crippen LogP contribution in [0.1, 0.15) is 12.8 Å². The van der Waals surface area contributed by atoms with Crippen LogP contribution in [0.15, 0.2) is 9.98 Å². The Balaban J connectivity index is 2.64. The molecule has 0 aromatic carbocycles. The number of hydrogen-bond donors (Lipinski definition) is 1. The van der Waals surface area contributed by atoms with Crippen molar-refractivity contribution in [3.8, 4) is 0 Å². The second kappa shape index (κ2) is 7.25. The Morgan fingerprint density at radius 3 is 2.83 bits per heavy atom. The maximum absolute atomic E-state index is 10.9. The van der Waals surface area contributed by atoms with Gasteiger partial charge >= 0.3 is 6.09 Å². The Bertz CT molecular complexity index is 344. The SMILES string of the molecule is CSC(N=CN(C)C)=N[C@@H]1CCCN(C(=O)O)C1. The molecule has 102 valence electrons. The zero-order valence-electron chi connectivity index (χ0n) is 11.0. The first-order valence-electron chi connectivity index (χ1n) is 5.83. The number of rotatable bonds is 2. The van der Waals surface area contributed by atoms with Crippen LogP contribution in [0, 0.1) is 0 Å². The first kappa shape index (κ1) is 14.8. The summed E-state index contributed by atoms with van der Waals surface area (Å²) in [4.78, 5) is 22.9. The molecule has 0 aromatic heterocycles. The molecule has 0 radical (unpaired) electrons. The third-order valence-corrected chi connectivity index (χ3v) is 3.12. The van der Waals surface area contributed by atoms with E-state index in [1.807, 2.05) is 25.3 Å². The minimum atomic E-state index is -0.864. The van der Waals surface area contributed by atoms with Gasteiger partial charge in [-0.05, 0) is 19.1 Å². The summed E-state index contributed by atoms with van der Waals surface area (Å²) in [6, 6.07) is 0.0246. The van der Waals surface area contributed by atoms with Gasteiger partial charge in [0.1, 0.15) is 0 Å². The second-order valence-electron chi connectivity index (χ2n) is 4.35. The lowest BCUT2D eigenvalue weighted by Crippen LogP contribution is -2.41. The van der Waals surface area contributed by atoms with Gasteiger partial charge in [0.05, 0.1) is 12.4 Å². The van der Waals surface area contributed by atoms with Gasteiger partial charge in [0.2, 0.25) is 0 Å². The zero-order valence-corrected chi connectivity index (χ0v) is 11.9. The van der Waals surface area contributed by atoms with Crippen LogP contribution < -0.4 is 0 Å². The molecule has 0 spiro atoms. The first-order valence-corrected chi connectivity index (χ1v) is 7.05. The number of thioether (sulfide) groups is 1. The molecule has 0 unspecified atom stereocenters. The minimum absolute atomic E-state index is 0.0246. The lowest BCUT2D eigenvalue weighted by molar-refractivity contribution is 0.131. The Hall–Kier alpha value is -1.24. The van der Waals surface area contributed by atoms with Gasteiger partial charge in [0.25, 0.3) is 0 Å². The molecule has 0 bridgehead atoms. The van der Waals surface area contributed by atoms with Crippen LogP contribution in [-0.2, 0) is 0 Å². The topological polar surface area (TPSA) is 68.5 Å². The van der Waals surface area contributed by atoms with Crippen molar-refractivity contribution < 1.29 is 9.90 Å². The normalized spacial score (nSPS) is 21.4. The molecule has 0 aromatic rings. The fraction of sp³-hybridized carbons (Fsp3) is 0.727. The number of nitrogens with zero attached hydrogens (tertiary/aromatic N) is 4. The molecule has 1 saturated heterocycles. The summed E-state index contributed by atoms with van der Waals surface area (Å²) in [6.45, 7) is 1.08. The van der Waals surface area contributed by atoms with E-state index in [1.54, 1.807) is 6.34 Å². The fourth-order valence-corrected chi connectivity index (χ4v) is 2.10. The molecule has 1 rings (SSSR count). The largest absolute Gasteiger partial charge is 0.465 e. The molecular weight excluding hydrogens is 252 g/mol. The molecule has 0 aliphatic carbocycles. The van der Waals surface area contributed by atoms with Crippen molar-refractivity contribution in [2.45, 2.75) is 18.9 Å². The smallest absolute Gasteiger partial charge is 0.407 e. The number of carboxylic acid groups (broad SMARTS) is 1. The third kappa shape index (κ3) is 4.95. The predicted molar refractivity (Wildman–Crippen MR) is 75.7 cm³/mol. The maximum atomic E-state index is 10.9. The van der Waals surface area contributed by atoms with Gasteiger partial charge in [-0.25, -0.2) is 9.79 Å². The average molecular weight is 272 g/mol. The summed E-state index contributed by atoms with van der Waals surface area (Å²) in [5, 5.41) is 9.65. The Kier molecular flexibility index (Phi) is 5.97. The highest BCUT2D eigenvalue weighted by Gasteiger charge is 2.22. The van der Waals surface area contributed by atoms with E-state index in [4.69, 9.17) is 5.11 Å². The Labute approximate surface area is 112 Å². The molecule has 18 heavy (non-hydrogen) atoms. The number of amidine groups is 1. The van der Waals surface area contributed by atoms with E-state index >= 15 is 0 Å². The van der Waals surface area contributed by atoms with E-state index in [0.29, 0.717) is 18.3 Å². The van der Waals surface area contributed by atoms with Crippen LogP contribution in [0.2, 0.25) is 0 Å². The highest BCUT2D eigenvalue weighted by molar-refractivity contribution is 8.13. The quantitative estimate of drug-likeness (QED) is 0.610. The number of carbonyl (C=O) groups is 1. The zero-order chi connectivity index (χ0) is 13.5. The van der Waals surface area contributed by atoms with Crippen LogP contribution in [0.5, 0.6) is 0 Å². The summed E-state index contributed by atoms with van der Waals surface area (Å²) < 4.78 is 0. The van der Waals surface area contributed by atoms with E-state index in [1.165, 1.54) is 16.7 Å². The van der Waals surface area contributed by atoms with E-state index in [9.17, 15) is 4.79 Å². The predicted octanol–water partition coefficient (Wildman–Crippen LogP) is 1.44. The fourth-order valence-electron chi connectivity index (χ4n) is 1.69. The maximum Gasteiger partial charge on any atom is 0.407 e. The van der Waals surface area contributed by atoms with Gasteiger partial charge in [-0.2, -0.15) is 0 Å². The van der Waals surface area contributed by atoms with E-state index in [0.717, 1.165) is 12.8 Å². The molecule has 0 saturated carbocycles. The summed E-state index contributed by atoms with van der Waals surface area (Å²) in [6.07, 6.45) is 4.54. The van der Waals surface area contributed by atoms with Crippen LogP contribution in [0.4, 0.5) is 4.79 Å². The Morgan fingerprint density at radius 2 is 2.28 bits per heavy atom. The number of piperidine rings is 1.